The molecular weight excluding hydrogens is 364 g/mol. The number of nitrogens with zero attached hydrogens (tertiary/aromatic N) is 1. The highest BCUT2D eigenvalue weighted by Gasteiger charge is 2.17. The van der Waals surface area contributed by atoms with E-state index >= 15 is 0 Å². The Labute approximate surface area is 161 Å². The fourth-order valence-corrected chi connectivity index (χ4v) is 3.44. The number of ether oxygens (including phenoxy) is 1. The number of rotatable bonds is 9. The summed E-state index contributed by atoms with van der Waals surface area (Å²) in [5, 5.41) is 2.78. The minimum atomic E-state index is -3.50. The van der Waals surface area contributed by atoms with Crippen LogP contribution in [0.15, 0.2) is 53.4 Å². The zero-order valence-corrected chi connectivity index (χ0v) is 16.8. The van der Waals surface area contributed by atoms with Gasteiger partial charge in [0.25, 0.3) is 5.91 Å². The van der Waals surface area contributed by atoms with Crippen LogP contribution in [0.1, 0.15) is 29.3 Å². The van der Waals surface area contributed by atoms with Crippen LogP contribution >= 0.6 is 0 Å². The van der Waals surface area contributed by atoms with Gasteiger partial charge in [-0.15, -0.1) is 0 Å². The summed E-state index contributed by atoms with van der Waals surface area (Å²) in [4.78, 5) is 12.3. The lowest BCUT2D eigenvalue weighted by Gasteiger charge is -2.12. The second-order valence-corrected chi connectivity index (χ2v) is 8.43. The van der Waals surface area contributed by atoms with Gasteiger partial charge < -0.3 is 10.1 Å². The van der Waals surface area contributed by atoms with Gasteiger partial charge in [-0.25, -0.2) is 12.7 Å². The van der Waals surface area contributed by atoms with Gasteiger partial charge in [0, 0.05) is 19.7 Å². The zero-order valence-electron chi connectivity index (χ0n) is 15.9. The molecule has 0 aliphatic rings. The highest BCUT2D eigenvalue weighted by atomic mass is 32.2. The van der Waals surface area contributed by atoms with Gasteiger partial charge in [-0.1, -0.05) is 31.5 Å². The van der Waals surface area contributed by atoms with Crippen LogP contribution in [-0.2, 0) is 16.4 Å². The third-order valence-corrected chi connectivity index (χ3v) is 5.86. The Morgan fingerprint density at radius 2 is 1.74 bits per heavy atom. The Morgan fingerprint density at radius 3 is 2.37 bits per heavy atom. The molecule has 0 unspecified atom stereocenters. The standard InChI is InChI=1S/C20H26N2O4S/c1-4-7-16-8-5-6-9-19(16)26-15-14-21-20(23)17-10-12-18(13-11-17)27(24,25)22(2)3/h5-6,8-13H,4,7,14-15H2,1-3H3,(H,21,23). The molecule has 6 nitrogen and oxygen atoms in total. The number of aryl methyl sites for hydroxylation is 1. The minimum absolute atomic E-state index is 0.153. The molecule has 0 bridgehead atoms. The summed E-state index contributed by atoms with van der Waals surface area (Å²) in [5.74, 6) is 0.570. The van der Waals surface area contributed by atoms with E-state index in [1.165, 1.54) is 38.4 Å². The highest BCUT2D eigenvalue weighted by molar-refractivity contribution is 7.89. The Hall–Kier alpha value is -2.38. The largest absolute Gasteiger partial charge is 0.491 e. The molecule has 7 heteroatoms. The smallest absolute Gasteiger partial charge is 0.251 e. The molecule has 0 aliphatic heterocycles. The predicted molar refractivity (Wildman–Crippen MR) is 106 cm³/mol. The number of nitrogens with one attached hydrogen (secondary N) is 1. The molecule has 27 heavy (non-hydrogen) atoms. The van der Waals surface area contributed by atoms with E-state index in [-0.39, 0.29) is 10.8 Å². The van der Waals surface area contributed by atoms with Crippen molar-refractivity contribution in [1.82, 2.24) is 9.62 Å². The van der Waals surface area contributed by atoms with Gasteiger partial charge in [-0.2, -0.15) is 0 Å². The molecule has 0 saturated heterocycles. The number of hydrogen-bond donors (Lipinski definition) is 1. The van der Waals surface area contributed by atoms with E-state index in [0.29, 0.717) is 18.7 Å². The molecule has 0 fully saturated rings. The van der Waals surface area contributed by atoms with Crippen molar-refractivity contribution in [3.63, 3.8) is 0 Å². The summed E-state index contributed by atoms with van der Waals surface area (Å²) in [6, 6.07) is 13.8. The maximum atomic E-state index is 12.2. The van der Waals surface area contributed by atoms with E-state index in [1.807, 2.05) is 24.3 Å². The molecule has 1 amide bonds. The molecule has 0 radical (unpaired) electrons. The topological polar surface area (TPSA) is 75.7 Å². The van der Waals surface area contributed by atoms with E-state index in [9.17, 15) is 13.2 Å². The van der Waals surface area contributed by atoms with Crippen molar-refractivity contribution in [2.24, 2.45) is 0 Å². The number of benzene rings is 2. The van der Waals surface area contributed by atoms with Crippen LogP contribution in [0.25, 0.3) is 0 Å². The van der Waals surface area contributed by atoms with E-state index < -0.39 is 10.0 Å². The highest BCUT2D eigenvalue weighted by Crippen LogP contribution is 2.19. The minimum Gasteiger partial charge on any atom is -0.491 e. The molecular formula is C20H26N2O4S. The first-order valence-electron chi connectivity index (χ1n) is 8.87. The molecule has 0 saturated carbocycles. The van der Waals surface area contributed by atoms with Crippen molar-refractivity contribution < 1.29 is 17.9 Å². The Morgan fingerprint density at radius 1 is 1.07 bits per heavy atom. The third-order valence-electron chi connectivity index (χ3n) is 4.03. The first kappa shape index (κ1) is 20.9. The fourth-order valence-electron chi connectivity index (χ4n) is 2.54. The van der Waals surface area contributed by atoms with Crippen LogP contribution in [-0.4, -0.2) is 45.9 Å². The molecule has 0 aliphatic carbocycles. The number of para-hydroxylation sites is 1. The van der Waals surface area contributed by atoms with Crippen LogP contribution in [0, 0.1) is 0 Å². The van der Waals surface area contributed by atoms with Crippen LogP contribution < -0.4 is 10.1 Å². The lowest BCUT2D eigenvalue weighted by atomic mass is 10.1. The lowest BCUT2D eigenvalue weighted by Crippen LogP contribution is -2.28. The van der Waals surface area contributed by atoms with Crippen LogP contribution in [0.2, 0.25) is 0 Å². The van der Waals surface area contributed by atoms with Gasteiger partial charge in [-0.3, -0.25) is 4.79 Å². The van der Waals surface area contributed by atoms with Crippen molar-refractivity contribution in [3.8, 4) is 5.75 Å². The average molecular weight is 391 g/mol. The summed E-state index contributed by atoms with van der Waals surface area (Å²) < 4.78 is 31.0. The Kier molecular flexibility index (Phi) is 7.38. The quantitative estimate of drug-likeness (QED) is 0.668. The normalized spacial score (nSPS) is 11.4. The molecule has 1 N–H and O–H groups in total. The van der Waals surface area contributed by atoms with Crippen molar-refractivity contribution in [1.29, 1.82) is 0 Å². The zero-order chi connectivity index (χ0) is 19.9. The van der Waals surface area contributed by atoms with E-state index in [1.54, 1.807) is 0 Å². The van der Waals surface area contributed by atoms with Gasteiger partial charge in [0.2, 0.25) is 10.0 Å². The summed E-state index contributed by atoms with van der Waals surface area (Å²) in [7, 11) is -0.564. The van der Waals surface area contributed by atoms with Crippen molar-refractivity contribution in [2.75, 3.05) is 27.2 Å². The van der Waals surface area contributed by atoms with Gasteiger partial charge in [-0.05, 0) is 42.3 Å². The van der Waals surface area contributed by atoms with Gasteiger partial charge in [0.15, 0.2) is 0 Å². The van der Waals surface area contributed by atoms with E-state index in [0.717, 1.165) is 28.5 Å². The second-order valence-electron chi connectivity index (χ2n) is 6.27. The molecule has 2 rings (SSSR count). The molecule has 0 heterocycles. The first-order chi connectivity index (χ1) is 12.9. The summed E-state index contributed by atoms with van der Waals surface area (Å²) in [6.45, 7) is 2.84. The Balaban J connectivity index is 1.88. The maximum Gasteiger partial charge on any atom is 0.251 e. The molecule has 2 aromatic rings. The van der Waals surface area contributed by atoms with Crippen LogP contribution in [0.3, 0.4) is 0 Å². The molecule has 146 valence electrons. The van der Waals surface area contributed by atoms with Gasteiger partial charge in [0.1, 0.15) is 12.4 Å². The summed E-state index contributed by atoms with van der Waals surface area (Å²) in [5.41, 5.74) is 1.56. The molecule has 0 spiro atoms. The number of amides is 1. The van der Waals surface area contributed by atoms with Crippen molar-refractivity contribution in [3.05, 3.63) is 59.7 Å². The number of carbonyl (C=O) groups is 1. The number of hydrogen-bond acceptors (Lipinski definition) is 4. The SMILES string of the molecule is CCCc1ccccc1OCCNC(=O)c1ccc(S(=O)(=O)N(C)C)cc1. The first-order valence-corrected chi connectivity index (χ1v) is 10.3. The predicted octanol–water partition coefficient (Wildman–Crippen LogP) is 2.70. The average Bonchev–Trinajstić information content (AvgIpc) is 2.66. The van der Waals surface area contributed by atoms with Crippen LogP contribution in [0.5, 0.6) is 5.75 Å². The Bertz CT molecular complexity index is 862. The monoisotopic (exact) mass is 390 g/mol. The fraction of sp³-hybridized carbons (Fsp3) is 0.350. The van der Waals surface area contributed by atoms with Crippen molar-refractivity contribution >= 4 is 15.9 Å². The van der Waals surface area contributed by atoms with Crippen LogP contribution in [0.4, 0.5) is 0 Å². The van der Waals surface area contributed by atoms with Gasteiger partial charge in [0.05, 0.1) is 11.4 Å². The summed E-state index contributed by atoms with van der Waals surface area (Å²) >= 11 is 0. The lowest BCUT2D eigenvalue weighted by molar-refractivity contribution is 0.0947. The number of sulfonamides is 1. The van der Waals surface area contributed by atoms with Crippen molar-refractivity contribution in [2.45, 2.75) is 24.7 Å². The maximum absolute atomic E-state index is 12.2. The summed E-state index contributed by atoms with van der Waals surface area (Å²) in [6.07, 6.45) is 1.99. The second kappa shape index (κ2) is 9.53. The van der Waals surface area contributed by atoms with E-state index in [2.05, 4.69) is 12.2 Å². The molecule has 0 aromatic heterocycles. The molecule has 0 atom stereocenters. The number of carbonyl (C=O) groups excluding carboxylic acids is 1. The van der Waals surface area contributed by atoms with E-state index in [4.69, 9.17) is 4.74 Å². The third kappa shape index (κ3) is 5.55. The molecule has 2 aromatic carbocycles. The van der Waals surface area contributed by atoms with Gasteiger partial charge >= 0.3 is 0 Å².